The Morgan fingerprint density at radius 3 is 2.55 bits per heavy atom. The van der Waals surface area contributed by atoms with Crippen molar-refractivity contribution in [3.8, 4) is 28.6 Å². The zero-order valence-corrected chi connectivity index (χ0v) is 19.6. The molecule has 0 aliphatic carbocycles. The van der Waals surface area contributed by atoms with E-state index in [4.69, 9.17) is 21.1 Å². The minimum absolute atomic E-state index is 0.128. The number of methoxy groups -OCH3 is 2. The van der Waals surface area contributed by atoms with E-state index in [2.05, 4.69) is 15.5 Å². The van der Waals surface area contributed by atoms with Crippen molar-refractivity contribution in [1.29, 1.82) is 0 Å². The van der Waals surface area contributed by atoms with Gasteiger partial charge >= 0.3 is 0 Å². The third-order valence-corrected chi connectivity index (χ3v) is 5.91. The van der Waals surface area contributed by atoms with Crippen LogP contribution in [-0.2, 0) is 4.79 Å². The van der Waals surface area contributed by atoms with Crippen molar-refractivity contribution >= 4 is 35.0 Å². The van der Waals surface area contributed by atoms with E-state index in [0.29, 0.717) is 33.2 Å². The van der Waals surface area contributed by atoms with E-state index in [1.165, 1.54) is 18.9 Å². The predicted molar refractivity (Wildman–Crippen MR) is 131 cm³/mol. The number of carbonyl (C=O) groups is 1. The molecule has 1 amide bonds. The Bertz CT molecular complexity index is 1260. The molecule has 0 spiro atoms. The number of aromatic nitrogens is 3. The van der Waals surface area contributed by atoms with Crippen molar-refractivity contribution in [3.05, 3.63) is 77.8 Å². The molecule has 4 aromatic rings. The van der Waals surface area contributed by atoms with Crippen LogP contribution in [0, 0.1) is 0 Å². The van der Waals surface area contributed by atoms with Gasteiger partial charge in [-0.05, 0) is 30.3 Å². The summed E-state index contributed by atoms with van der Waals surface area (Å²) in [6.07, 6.45) is 0. The van der Waals surface area contributed by atoms with Crippen LogP contribution in [0.2, 0.25) is 5.02 Å². The standard InChI is InChI=1S/C24H21ClN4O3S/c1-31-19-11-12-20(21(14-19)32-2)26-22(30)15-33-24-28-27-23(16-7-4-3-5-8-16)29(24)18-10-6-9-17(25)13-18/h3-14H,15H2,1-2H3,(H,26,30). The highest BCUT2D eigenvalue weighted by Crippen LogP contribution is 2.31. The van der Waals surface area contributed by atoms with Crippen LogP contribution in [-0.4, -0.2) is 40.6 Å². The van der Waals surface area contributed by atoms with Gasteiger partial charge in [0.2, 0.25) is 5.91 Å². The van der Waals surface area contributed by atoms with Crippen LogP contribution in [0.5, 0.6) is 11.5 Å². The molecule has 1 N–H and O–H groups in total. The van der Waals surface area contributed by atoms with Crippen molar-refractivity contribution in [2.24, 2.45) is 0 Å². The third kappa shape index (κ3) is 5.30. The number of hydrogen-bond donors (Lipinski definition) is 1. The van der Waals surface area contributed by atoms with Crippen molar-refractivity contribution < 1.29 is 14.3 Å². The lowest BCUT2D eigenvalue weighted by Crippen LogP contribution is -2.15. The van der Waals surface area contributed by atoms with Crippen molar-refractivity contribution in [1.82, 2.24) is 14.8 Å². The second-order valence-corrected chi connectivity index (χ2v) is 8.27. The van der Waals surface area contributed by atoms with Gasteiger partial charge in [0.1, 0.15) is 11.5 Å². The van der Waals surface area contributed by atoms with E-state index in [-0.39, 0.29) is 11.7 Å². The molecule has 3 aromatic carbocycles. The Kier molecular flexibility index (Phi) is 7.16. The molecule has 0 radical (unpaired) electrons. The molecular weight excluding hydrogens is 460 g/mol. The summed E-state index contributed by atoms with van der Waals surface area (Å²) in [7, 11) is 3.11. The molecule has 1 aromatic heterocycles. The number of nitrogens with one attached hydrogen (secondary N) is 1. The van der Waals surface area contributed by atoms with Crippen molar-refractivity contribution in [2.45, 2.75) is 5.16 Å². The van der Waals surface area contributed by atoms with Gasteiger partial charge in [0.05, 0.1) is 31.3 Å². The van der Waals surface area contributed by atoms with Crippen molar-refractivity contribution in [3.63, 3.8) is 0 Å². The number of nitrogens with zero attached hydrogens (tertiary/aromatic N) is 3. The van der Waals surface area contributed by atoms with E-state index in [9.17, 15) is 4.79 Å². The minimum atomic E-state index is -0.203. The predicted octanol–water partition coefficient (Wildman–Crippen LogP) is 5.34. The normalized spacial score (nSPS) is 10.6. The van der Waals surface area contributed by atoms with Crippen LogP contribution in [0.3, 0.4) is 0 Å². The van der Waals surface area contributed by atoms with E-state index < -0.39 is 0 Å². The molecular formula is C24H21ClN4O3S. The summed E-state index contributed by atoms with van der Waals surface area (Å²) in [5.74, 6) is 1.74. The maximum atomic E-state index is 12.7. The summed E-state index contributed by atoms with van der Waals surface area (Å²) in [5, 5.41) is 12.8. The molecule has 4 rings (SSSR count). The number of anilines is 1. The average molecular weight is 481 g/mol. The zero-order valence-electron chi connectivity index (χ0n) is 18.0. The maximum Gasteiger partial charge on any atom is 0.234 e. The topological polar surface area (TPSA) is 78.3 Å². The number of benzene rings is 3. The minimum Gasteiger partial charge on any atom is -0.497 e. The lowest BCUT2D eigenvalue weighted by molar-refractivity contribution is -0.113. The number of amides is 1. The molecule has 0 aliphatic rings. The molecule has 0 saturated carbocycles. The second-order valence-electron chi connectivity index (χ2n) is 6.89. The Balaban J connectivity index is 1.57. The van der Waals surface area contributed by atoms with E-state index in [1.807, 2.05) is 53.1 Å². The van der Waals surface area contributed by atoms with Gasteiger partial charge < -0.3 is 14.8 Å². The highest BCUT2D eigenvalue weighted by molar-refractivity contribution is 7.99. The zero-order chi connectivity index (χ0) is 23.2. The number of carbonyl (C=O) groups excluding carboxylic acids is 1. The Morgan fingerprint density at radius 1 is 1.00 bits per heavy atom. The van der Waals surface area contributed by atoms with Crippen LogP contribution in [0.25, 0.3) is 17.1 Å². The molecule has 0 atom stereocenters. The Labute approximate surface area is 200 Å². The number of hydrogen-bond acceptors (Lipinski definition) is 6. The molecule has 0 unspecified atom stereocenters. The smallest absolute Gasteiger partial charge is 0.234 e. The molecule has 0 aliphatic heterocycles. The third-order valence-electron chi connectivity index (χ3n) is 4.75. The summed E-state index contributed by atoms with van der Waals surface area (Å²) in [6.45, 7) is 0. The number of ether oxygens (including phenoxy) is 2. The quantitative estimate of drug-likeness (QED) is 0.343. The van der Waals surface area contributed by atoms with Gasteiger partial charge in [-0.2, -0.15) is 0 Å². The Hall–Kier alpha value is -3.49. The first-order valence-corrected chi connectivity index (χ1v) is 11.4. The van der Waals surface area contributed by atoms with E-state index in [1.54, 1.807) is 31.4 Å². The summed E-state index contributed by atoms with van der Waals surface area (Å²) in [5.41, 5.74) is 2.28. The SMILES string of the molecule is COc1ccc(NC(=O)CSc2nnc(-c3ccccc3)n2-c2cccc(Cl)c2)c(OC)c1. The van der Waals surface area contributed by atoms with E-state index >= 15 is 0 Å². The van der Waals surface area contributed by atoms with Gasteiger partial charge in [0, 0.05) is 16.7 Å². The fourth-order valence-corrected chi connectivity index (χ4v) is 4.14. The maximum absolute atomic E-state index is 12.7. The van der Waals surface area contributed by atoms with Crippen LogP contribution in [0.1, 0.15) is 0 Å². The molecule has 0 fully saturated rings. The lowest BCUT2D eigenvalue weighted by atomic mass is 10.2. The van der Waals surface area contributed by atoms with Gasteiger partial charge in [0.25, 0.3) is 0 Å². The highest BCUT2D eigenvalue weighted by atomic mass is 35.5. The largest absolute Gasteiger partial charge is 0.497 e. The van der Waals surface area contributed by atoms with Crippen molar-refractivity contribution in [2.75, 3.05) is 25.3 Å². The average Bonchev–Trinajstić information content (AvgIpc) is 3.27. The number of thioether (sulfide) groups is 1. The first-order valence-electron chi connectivity index (χ1n) is 10.0. The number of halogens is 1. The van der Waals surface area contributed by atoms with Crippen LogP contribution in [0.15, 0.2) is 78.0 Å². The first kappa shape index (κ1) is 22.7. The van der Waals surface area contributed by atoms with Crippen LogP contribution >= 0.6 is 23.4 Å². The lowest BCUT2D eigenvalue weighted by Gasteiger charge is -2.12. The van der Waals surface area contributed by atoms with Gasteiger partial charge in [-0.25, -0.2) is 0 Å². The van der Waals surface area contributed by atoms with Gasteiger partial charge in [0.15, 0.2) is 11.0 Å². The first-order chi connectivity index (χ1) is 16.1. The van der Waals surface area contributed by atoms with Gasteiger partial charge in [-0.1, -0.05) is 59.8 Å². The fraction of sp³-hybridized carbons (Fsp3) is 0.125. The van der Waals surface area contributed by atoms with E-state index in [0.717, 1.165) is 11.3 Å². The molecule has 0 saturated heterocycles. The molecule has 9 heteroatoms. The van der Waals surface area contributed by atoms with Crippen LogP contribution < -0.4 is 14.8 Å². The molecule has 0 bridgehead atoms. The fourth-order valence-electron chi connectivity index (χ4n) is 3.20. The summed E-state index contributed by atoms with van der Waals surface area (Å²) >= 11 is 7.51. The molecule has 7 nitrogen and oxygen atoms in total. The number of rotatable bonds is 8. The van der Waals surface area contributed by atoms with Gasteiger partial charge in [-0.15, -0.1) is 10.2 Å². The van der Waals surface area contributed by atoms with Crippen LogP contribution in [0.4, 0.5) is 5.69 Å². The second kappa shape index (κ2) is 10.4. The molecule has 33 heavy (non-hydrogen) atoms. The summed E-state index contributed by atoms with van der Waals surface area (Å²) in [6, 6.07) is 22.4. The molecule has 168 valence electrons. The summed E-state index contributed by atoms with van der Waals surface area (Å²) in [4.78, 5) is 12.7. The van der Waals surface area contributed by atoms with Gasteiger partial charge in [-0.3, -0.25) is 9.36 Å². The molecule has 1 heterocycles. The monoisotopic (exact) mass is 480 g/mol. The summed E-state index contributed by atoms with van der Waals surface area (Å²) < 4.78 is 12.4. The Morgan fingerprint density at radius 2 is 1.82 bits per heavy atom. The highest BCUT2D eigenvalue weighted by Gasteiger charge is 2.18.